The van der Waals surface area contributed by atoms with E-state index in [0.29, 0.717) is 26.1 Å². The van der Waals surface area contributed by atoms with Crippen molar-refractivity contribution in [2.45, 2.75) is 62.6 Å². The first kappa shape index (κ1) is 25.5. The lowest BCUT2D eigenvalue weighted by molar-refractivity contribution is -0.377. The van der Waals surface area contributed by atoms with E-state index in [2.05, 4.69) is 9.47 Å². The van der Waals surface area contributed by atoms with Gasteiger partial charge in [-0.05, 0) is 12.8 Å². The normalized spacial score (nSPS) is 24.6. The van der Waals surface area contributed by atoms with Gasteiger partial charge in [0.25, 0.3) is 0 Å². The fraction of sp³-hybridized carbons (Fsp3) is 1.00. The molecule has 4 unspecified atom stereocenters. The van der Waals surface area contributed by atoms with Crippen LogP contribution >= 0.6 is 0 Å². The molecule has 0 bridgehead atoms. The fourth-order valence-electron chi connectivity index (χ4n) is 2.95. The van der Waals surface area contributed by atoms with Gasteiger partial charge < -0.3 is 18.9 Å². The van der Waals surface area contributed by atoms with Gasteiger partial charge in [0.1, 0.15) is 13.2 Å². The van der Waals surface area contributed by atoms with Gasteiger partial charge >= 0.3 is 23.7 Å². The van der Waals surface area contributed by atoms with Gasteiger partial charge in [0.2, 0.25) is 0 Å². The molecular weight excluding hydrogens is 432 g/mol. The van der Waals surface area contributed by atoms with Gasteiger partial charge in [0.05, 0.1) is 38.6 Å². The number of ether oxygens (including phenoxy) is 4. The van der Waals surface area contributed by atoms with Crippen molar-refractivity contribution in [3.8, 4) is 0 Å². The van der Waals surface area contributed by atoms with E-state index in [4.69, 9.17) is 9.47 Å². The van der Waals surface area contributed by atoms with Crippen molar-refractivity contribution in [1.29, 1.82) is 0 Å². The predicted molar refractivity (Wildman–Crippen MR) is 88.5 cm³/mol. The number of hydrogen-bond acceptors (Lipinski definition) is 4. The minimum atomic E-state index is -6.37. The Morgan fingerprint density at radius 2 is 1.00 bits per heavy atom. The number of hydrogen-bond donors (Lipinski definition) is 0. The average molecular weight is 458 g/mol. The fourth-order valence-corrected chi connectivity index (χ4v) is 2.95. The second-order valence-corrected chi connectivity index (χ2v) is 7.67. The van der Waals surface area contributed by atoms with Crippen molar-refractivity contribution in [1.82, 2.24) is 0 Å². The Hall–Kier alpha value is -0.720. The van der Waals surface area contributed by atoms with Gasteiger partial charge in [-0.25, -0.2) is 0 Å². The summed E-state index contributed by atoms with van der Waals surface area (Å²) in [5.74, 6) is -24.6. The molecule has 0 spiro atoms. The summed E-state index contributed by atoms with van der Waals surface area (Å²) in [5.41, 5.74) is 0. The highest BCUT2D eigenvalue weighted by Crippen LogP contribution is 2.52. The number of alkyl halides is 8. The van der Waals surface area contributed by atoms with E-state index < -0.39 is 50.1 Å². The first-order valence-corrected chi connectivity index (χ1v) is 9.70. The topological polar surface area (TPSA) is 43.5 Å². The molecule has 2 rings (SSSR count). The third-order valence-electron chi connectivity index (χ3n) is 5.36. The average Bonchev–Trinajstić information content (AvgIpc) is 3.54. The van der Waals surface area contributed by atoms with Crippen LogP contribution in [0.15, 0.2) is 0 Å². The largest absolute Gasteiger partial charge is 0.380 e. The maximum absolute atomic E-state index is 13.9. The molecule has 0 aromatic rings. The second-order valence-electron chi connectivity index (χ2n) is 7.67. The summed E-state index contributed by atoms with van der Waals surface area (Å²) in [6.45, 7) is -1.10. The van der Waals surface area contributed by atoms with Crippen molar-refractivity contribution >= 4 is 0 Å². The molecule has 2 aliphatic rings. The zero-order valence-corrected chi connectivity index (χ0v) is 16.6. The van der Waals surface area contributed by atoms with E-state index >= 15 is 0 Å². The van der Waals surface area contributed by atoms with Crippen LogP contribution in [0.4, 0.5) is 35.1 Å². The summed E-state index contributed by atoms with van der Waals surface area (Å²) in [4.78, 5) is 0. The van der Waals surface area contributed by atoms with Crippen molar-refractivity contribution in [2.24, 2.45) is 11.8 Å². The molecule has 0 N–H and O–H groups in total. The van der Waals surface area contributed by atoms with E-state index in [1.165, 1.54) is 0 Å². The van der Waals surface area contributed by atoms with E-state index in [1.54, 1.807) is 13.8 Å². The van der Waals surface area contributed by atoms with E-state index in [1.807, 2.05) is 0 Å². The van der Waals surface area contributed by atoms with E-state index in [9.17, 15) is 35.1 Å². The highest BCUT2D eigenvalue weighted by Gasteiger charge is 2.80. The molecule has 0 aromatic heterocycles. The van der Waals surface area contributed by atoms with Crippen LogP contribution in [-0.2, 0) is 18.9 Å². The molecule has 12 heteroatoms. The zero-order valence-electron chi connectivity index (χ0n) is 16.6. The summed E-state index contributed by atoms with van der Waals surface area (Å²) in [7, 11) is 0. The maximum Gasteiger partial charge on any atom is 0.380 e. The quantitative estimate of drug-likeness (QED) is 0.269. The molecule has 0 radical (unpaired) electrons. The van der Waals surface area contributed by atoms with Crippen molar-refractivity contribution in [3.05, 3.63) is 0 Å². The van der Waals surface area contributed by atoms with Crippen LogP contribution in [0.5, 0.6) is 0 Å². The Labute approximate surface area is 169 Å². The van der Waals surface area contributed by atoms with E-state index in [0.717, 1.165) is 0 Å². The summed E-state index contributed by atoms with van der Waals surface area (Å²) in [6.07, 6.45) is 0.284. The standard InChI is InChI=1S/C18H26F8O4/c1-3-11(13-7-29-13)5-27-9-15(19,20)17(23,24)18(25,26)16(21,22)10-28-6-12(4-2)14-8-30-14/h11-14H,3-10H2,1-2H3. The third kappa shape index (κ3) is 5.55. The lowest BCUT2D eigenvalue weighted by Crippen LogP contribution is -2.64. The van der Waals surface area contributed by atoms with Gasteiger partial charge in [-0.3, -0.25) is 0 Å². The third-order valence-corrected chi connectivity index (χ3v) is 5.36. The van der Waals surface area contributed by atoms with Crippen LogP contribution < -0.4 is 0 Å². The molecule has 0 aromatic carbocycles. The zero-order chi connectivity index (χ0) is 22.8. The second kappa shape index (κ2) is 9.41. The molecule has 4 atom stereocenters. The highest BCUT2D eigenvalue weighted by molar-refractivity contribution is 5.03. The molecule has 2 heterocycles. The van der Waals surface area contributed by atoms with Crippen LogP contribution in [0.2, 0.25) is 0 Å². The molecule has 30 heavy (non-hydrogen) atoms. The van der Waals surface area contributed by atoms with Gasteiger partial charge in [-0.15, -0.1) is 0 Å². The van der Waals surface area contributed by atoms with Crippen molar-refractivity contribution < 1.29 is 54.1 Å². The first-order valence-electron chi connectivity index (χ1n) is 9.70. The lowest BCUT2D eigenvalue weighted by atomic mass is 9.99. The Kier molecular flexibility index (Phi) is 8.02. The highest BCUT2D eigenvalue weighted by atomic mass is 19.4. The van der Waals surface area contributed by atoms with Gasteiger partial charge in [-0.2, -0.15) is 35.1 Å². The molecule has 2 saturated heterocycles. The SMILES string of the molecule is CCC(COCC(F)(F)C(F)(F)C(F)(F)C(F)(F)COCC(CC)C1CO1)C1CO1. The minimum absolute atomic E-state index is 0.278. The molecule has 2 fully saturated rings. The van der Waals surface area contributed by atoms with Gasteiger partial charge in [-0.1, -0.05) is 13.8 Å². The van der Waals surface area contributed by atoms with Crippen LogP contribution in [0.3, 0.4) is 0 Å². The molecular formula is C18H26F8O4. The van der Waals surface area contributed by atoms with Crippen LogP contribution in [0, 0.1) is 11.8 Å². The molecule has 0 aliphatic carbocycles. The number of halogens is 8. The molecule has 0 amide bonds. The summed E-state index contributed by atoms with van der Waals surface area (Å²) in [5, 5.41) is 0. The van der Waals surface area contributed by atoms with Crippen LogP contribution in [0.25, 0.3) is 0 Å². The number of rotatable bonds is 15. The van der Waals surface area contributed by atoms with Crippen molar-refractivity contribution in [2.75, 3.05) is 39.6 Å². The lowest BCUT2D eigenvalue weighted by Gasteiger charge is -2.36. The Balaban J connectivity index is 1.94. The molecule has 178 valence electrons. The van der Waals surface area contributed by atoms with Gasteiger partial charge in [0.15, 0.2) is 0 Å². The molecule has 4 nitrogen and oxygen atoms in total. The van der Waals surface area contributed by atoms with E-state index in [-0.39, 0.29) is 24.0 Å². The smallest absolute Gasteiger partial charge is 0.375 e. The maximum atomic E-state index is 13.9. The molecule has 2 aliphatic heterocycles. The van der Waals surface area contributed by atoms with Gasteiger partial charge in [0, 0.05) is 11.8 Å². The summed E-state index contributed by atoms with van der Waals surface area (Å²) in [6, 6.07) is 0. The minimum Gasteiger partial charge on any atom is -0.375 e. The number of epoxide rings is 2. The summed E-state index contributed by atoms with van der Waals surface area (Å²) < 4.78 is 130. The first-order chi connectivity index (χ1) is 13.8. The predicted octanol–water partition coefficient (Wildman–Crippen LogP) is 4.41. The Morgan fingerprint density at radius 3 is 1.23 bits per heavy atom. The monoisotopic (exact) mass is 458 g/mol. The Bertz CT molecular complexity index is 504. The summed E-state index contributed by atoms with van der Waals surface area (Å²) >= 11 is 0. The van der Waals surface area contributed by atoms with Crippen LogP contribution in [-0.4, -0.2) is 75.5 Å². The van der Waals surface area contributed by atoms with Crippen molar-refractivity contribution in [3.63, 3.8) is 0 Å². The molecule has 0 saturated carbocycles. The Morgan fingerprint density at radius 1 is 0.700 bits per heavy atom. The van der Waals surface area contributed by atoms with Crippen LogP contribution in [0.1, 0.15) is 26.7 Å².